The first-order chi connectivity index (χ1) is 16.8. The molecule has 194 valence electrons. The van der Waals surface area contributed by atoms with Crippen molar-refractivity contribution in [3.63, 3.8) is 0 Å². The molecule has 2 rings (SSSR count). The Labute approximate surface area is 210 Å². The average Bonchev–Trinajstić information content (AvgIpc) is 2.86. The summed E-state index contributed by atoms with van der Waals surface area (Å²) in [5, 5.41) is 11.7. The van der Waals surface area contributed by atoms with E-state index in [0.29, 0.717) is 46.8 Å². The highest BCUT2D eigenvalue weighted by molar-refractivity contribution is 5.64. The van der Waals surface area contributed by atoms with Crippen LogP contribution in [0.5, 0.6) is 28.7 Å². The van der Waals surface area contributed by atoms with Gasteiger partial charge < -0.3 is 28.8 Å². The molecule has 0 aromatic heterocycles. The van der Waals surface area contributed by atoms with Gasteiger partial charge in [0.2, 0.25) is 0 Å². The van der Waals surface area contributed by atoms with Gasteiger partial charge in [0.25, 0.3) is 0 Å². The lowest BCUT2D eigenvalue weighted by atomic mass is 9.83. The summed E-state index contributed by atoms with van der Waals surface area (Å²) in [5.74, 6) is 3.02. The lowest BCUT2D eigenvalue weighted by molar-refractivity contribution is -0.108. The quantitative estimate of drug-likeness (QED) is 0.288. The molecule has 0 saturated carbocycles. The zero-order valence-corrected chi connectivity index (χ0v) is 22.3. The van der Waals surface area contributed by atoms with Gasteiger partial charge in [0, 0.05) is 35.6 Å². The molecule has 6 heteroatoms. The number of aromatic hydroxyl groups is 1. The summed E-state index contributed by atoms with van der Waals surface area (Å²) in [7, 11) is 6.34. The van der Waals surface area contributed by atoms with E-state index in [0.717, 1.165) is 43.1 Å². The van der Waals surface area contributed by atoms with Crippen LogP contribution in [0.3, 0.4) is 0 Å². The third-order valence-corrected chi connectivity index (χ3v) is 6.60. The molecule has 0 heterocycles. The van der Waals surface area contributed by atoms with E-state index in [9.17, 15) is 9.90 Å². The maximum atomic E-state index is 11.8. The highest BCUT2D eigenvalue weighted by Crippen LogP contribution is 2.47. The van der Waals surface area contributed by atoms with Crippen LogP contribution in [0.2, 0.25) is 0 Å². The van der Waals surface area contributed by atoms with Crippen molar-refractivity contribution < 1.29 is 28.8 Å². The summed E-state index contributed by atoms with van der Waals surface area (Å²) in [5.41, 5.74) is 2.13. The van der Waals surface area contributed by atoms with Crippen LogP contribution < -0.4 is 18.9 Å². The number of aldehydes is 1. The van der Waals surface area contributed by atoms with Gasteiger partial charge in [-0.05, 0) is 42.4 Å². The van der Waals surface area contributed by atoms with Gasteiger partial charge in [0.05, 0.1) is 28.4 Å². The van der Waals surface area contributed by atoms with Gasteiger partial charge in [-0.3, -0.25) is 0 Å². The molecular formula is C29H42O6. The summed E-state index contributed by atoms with van der Waals surface area (Å²) in [6.07, 6.45) is 6.09. The molecule has 0 aliphatic heterocycles. The summed E-state index contributed by atoms with van der Waals surface area (Å²) in [4.78, 5) is 11.8. The van der Waals surface area contributed by atoms with Crippen LogP contribution in [0, 0.1) is 11.8 Å². The molecule has 0 saturated heterocycles. The fraction of sp³-hybridized carbons (Fsp3) is 0.552. The number of ether oxygens (including phenoxy) is 4. The zero-order chi connectivity index (χ0) is 26.0. The van der Waals surface area contributed by atoms with Gasteiger partial charge in [-0.1, -0.05) is 40.0 Å². The number of carbonyl (C=O) groups excluding carboxylic acids is 1. The second-order valence-corrected chi connectivity index (χ2v) is 9.45. The molecule has 0 aliphatic rings. The van der Waals surface area contributed by atoms with E-state index in [1.54, 1.807) is 34.5 Å². The van der Waals surface area contributed by atoms with Crippen molar-refractivity contribution in [1.82, 2.24) is 0 Å². The highest BCUT2D eigenvalue weighted by Gasteiger charge is 2.28. The van der Waals surface area contributed by atoms with E-state index in [4.69, 9.17) is 18.9 Å². The Kier molecular flexibility index (Phi) is 11.2. The Bertz CT molecular complexity index is 930. The van der Waals surface area contributed by atoms with Gasteiger partial charge in [-0.25, -0.2) is 0 Å². The first-order valence-corrected chi connectivity index (χ1v) is 12.5. The lowest BCUT2D eigenvalue weighted by Crippen LogP contribution is -2.11. The van der Waals surface area contributed by atoms with Crippen molar-refractivity contribution in [3.05, 3.63) is 41.0 Å². The molecule has 1 N–H and O–H groups in total. The SMILES string of the molecule is CCCC(CCC(C)C)Cc1c(OC)cc(OC)c(C(CC=O)c2cc(OC)cc(OC)c2)c1O. The van der Waals surface area contributed by atoms with E-state index in [1.165, 1.54) is 0 Å². The Morgan fingerprint density at radius 1 is 0.857 bits per heavy atom. The summed E-state index contributed by atoms with van der Waals surface area (Å²) >= 11 is 0. The molecule has 0 radical (unpaired) electrons. The van der Waals surface area contributed by atoms with E-state index in [1.807, 2.05) is 18.2 Å². The molecule has 6 nitrogen and oxygen atoms in total. The summed E-state index contributed by atoms with van der Waals surface area (Å²) < 4.78 is 22.3. The van der Waals surface area contributed by atoms with Crippen molar-refractivity contribution in [2.45, 2.75) is 65.2 Å². The fourth-order valence-corrected chi connectivity index (χ4v) is 4.73. The number of hydrogen-bond acceptors (Lipinski definition) is 6. The largest absolute Gasteiger partial charge is 0.507 e. The predicted molar refractivity (Wildman–Crippen MR) is 139 cm³/mol. The highest BCUT2D eigenvalue weighted by atomic mass is 16.5. The van der Waals surface area contributed by atoms with Crippen molar-refractivity contribution in [2.24, 2.45) is 11.8 Å². The third kappa shape index (κ3) is 7.30. The molecule has 0 fully saturated rings. The van der Waals surface area contributed by atoms with E-state index >= 15 is 0 Å². The number of rotatable bonds is 15. The average molecular weight is 487 g/mol. The summed E-state index contributed by atoms with van der Waals surface area (Å²) in [6, 6.07) is 7.33. The molecule has 2 unspecified atom stereocenters. The number of hydrogen-bond donors (Lipinski definition) is 1. The van der Waals surface area contributed by atoms with Crippen molar-refractivity contribution >= 4 is 6.29 Å². The normalized spacial score (nSPS) is 12.8. The summed E-state index contributed by atoms with van der Waals surface area (Å²) in [6.45, 7) is 6.66. The first kappa shape index (κ1) is 28.3. The monoisotopic (exact) mass is 486 g/mol. The van der Waals surface area contributed by atoms with E-state index in [2.05, 4.69) is 20.8 Å². The van der Waals surface area contributed by atoms with Crippen molar-refractivity contribution in [3.8, 4) is 28.7 Å². The van der Waals surface area contributed by atoms with Gasteiger partial charge in [-0.15, -0.1) is 0 Å². The van der Waals surface area contributed by atoms with Crippen molar-refractivity contribution in [2.75, 3.05) is 28.4 Å². The lowest BCUT2D eigenvalue weighted by Gasteiger charge is -2.25. The molecule has 2 atom stereocenters. The second-order valence-electron chi connectivity index (χ2n) is 9.45. The molecule has 0 bridgehead atoms. The van der Waals surface area contributed by atoms with Gasteiger partial charge in [0.15, 0.2) is 0 Å². The predicted octanol–water partition coefficient (Wildman–Crippen LogP) is 6.54. The van der Waals surface area contributed by atoms with Crippen LogP contribution >= 0.6 is 0 Å². The van der Waals surface area contributed by atoms with E-state index < -0.39 is 5.92 Å². The molecule has 2 aromatic rings. The van der Waals surface area contributed by atoms with Gasteiger partial charge in [-0.2, -0.15) is 0 Å². The topological polar surface area (TPSA) is 74.2 Å². The molecule has 0 aliphatic carbocycles. The number of phenolic OH excluding ortho intramolecular Hbond substituents is 1. The zero-order valence-electron chi connectivity index (χ0n) is 22.3. The van der Waals surface area contributed by atoms with Gasteiger partial charge >= 0.3 is 0 Å². The van der Waals surface area contributed by atoms with Gasteiger partial charge in [0.1, 0.15) is 35.0 Å². The number of carbonyl (C=O) groups is 1. The third-order valence-electron chi connectivity index (χ3n) is 6.60. The Morgan fingerprint density at radius 3 is 1.97 bits per heavy atom. The smallest absolute Gasteiger partial charge is 0.130 e. The standard InChI is InChI=1S/C29H42O6/c1-8-9-20(11-10-19(2)3)14-25-26(34-6)18-27(35-7)28(29(25)31)24(12-13-30)21-15-22(32-4)17-23(16-21)33-5/h13,15-20,24,31H,8-12,14H2,1-7H3. The first-order valence-electron chi connectivity index (χ1n) is 12.5. The maximum absolute atomic E-state index is 11.8. The number of methoxy groups -OCH3 is 4. The number of benzene rings is 2. The van der Waals surface area contributed by atoms with Crippen LogP contribution in [0.25, 0.3) is 0 Å². The van der Waals surface area contributed by atoms with Crippen LogP contribution in [0.1, 0.15) is 75.5 Å². The minimum Gasteiger partial charge on any atom is -0.507 e. The molecular weight excluding hydrogens is 444 g/mol. The second kappa shape index (κ2) is 13.9. The maximum Gasteiger partial charge on any atom is 0.130 e. The Balaban J connectivity index is 2.68. The fourth-order valence-electron chi connectivity index (χ4n) is 4.73. The van der Waals surface area contributed by atoms with Crippen LogP contribution in [0.15, 0.2) is 24.3 Å². The Morgan fingerprint density at radius 2 is 1.49 bits per heavy atom. The molecule has 0 spiro atoms. The molecule has 0 amide bonds. The minimum absolute atomic E-state index is 0.125. The van der Waals surface area contributed by atoms with Crippen LogP contribution in [-0.2, 0) is 11.2 Å². The molecule has 35 heavy (non-hydrogen) atoms. The van der Waals surface area contributed by atoms with Crippen molar-refractivity contribution in [1.29, 1.82) is 0 Å². The van der Waals surface area contributed by atoms with Crippen LogP contribution in [0.4, 0.5) is 0 Å². The Hall–Kier alpha value is -2.89. The minimum atomic E-state index is -0.448. The number of phenols is 1. The van der Waals surface area contributed by atoms with Crippen LogP contribution in [-0.4, -0.2) is 39.8 Å². The van der Waals surface area contributed by atoms with E-state index in [-0.39, 0.29) is 12.2 Å². The molecule has 2 aromatic carbocycles.